The molecule has 0 aromatic heterocycles. The molecule has 0 unspecified atom stereocenters. The first-order valence-corrected chi connectivity index (χ1v) is 5.94. The van der Waals surface area contributed by atoms with Gasteiger partial charge in [-0.05, 0) is 18.6 Å². The van der Waals surface area contributed by atoms with Crippen molar-refractivity contribution < 1.29 is 18.4 Å². The van der Waals surface area contributed by atoms with Gasteiger partial charge in [0.1, 0.15) is 0 Å². The normalized spacial score (nSPS) is 10.1. The smallest absolute Gasteiger partial charge is 0.243 e. The minimum atomic E-state index is -1.03. The summed E-state index contributed by atoms with van der Waals surface area (Å²) in [6, 6.07) is 3.08. The van der Waals surface area contributed by atoms with Crippen molar-refractivity contribution in [2.45, 2.75) is 20.3 Å². The van der Waals surface area contributed by atoms with Crippen LogP contribution in [0.1, 0.15) is 20.3 Å². The molecule has 4 nitrogen and oxygen atoms in total. The summed E-state index contributed by atoms with van der Waals surface area (Å²) in [6.45, 7) is 3.63. The molecule has 0 saturated carbocycles. The summed E-state index contributed by atoms with van der Waals surface area (Å²) in [7, 11) is 0. The van der Waals surface area contributed by atoms with Gasteiger partial charge in [-0.1, -0.05) is 6.92 Å². The van der Waals surface area contributed by atoms with E-state index in [1.807, 2.05) is 6.92 Å². The first-order valence-electron chi connectivity index (χ1n) is 5.94. The van der Waals surface area contributed by atoms with Crippen molar-refractivity contribution in [3.05, 3.63) is 29.8 Å². The maximum absolute atomic E-state index is 13.0. The maximum Gasteiger partial charge on any atom is 0.243 e. The summed E-state index contributed by atoms with van der Waals surface area (Å²) in [4.78, 5) is 24.3. The van der Waals surface area contributed by atoms with Crippen molar-refractivity contribution in [3.8, 4) is 0 Å². The number of benzene rings is 1. The molecule has 6 heteroatoms. The summed E-state index contributed by atoms with van der Waals surface area (Å²) in [5.41, 5.74) is 0.156. The van der Waals surface area contributed by atoms with Crippen LogP contribution in [0.25, 0.3) is 0 Å². The fourth-order valence-electron chi connectivity index (χ4n) is 1.57. The third-order valence-corrected chi connectivity index (χ3v) is 2.48. The number of carbonyl (C=O) groups excluding carboxylic acids is 2. The number of hydrogen-bond donors (Lipinski definition) is 1. The van der Waals surface area contributed by atoms with E-state index in [1.165, 1.54) is 17.9 Å². The Labute approximate surface area is 110 Å². The highest BCUT2D eigenvalue weighted by atomic mass is 19.2. The molecule has 0 saturated heterocycles. The van der Waals surface area contributed by atoms with Gasteiger partial charge in [-0.3, -0.25) is 9.59 Å². The van der Waals surface area contributed by atoms with Crippen molar-refractivity contribution in [3.63, 3.8) is 0 Å². The zero-order valence-electron chi connectivity index (χ0n) is 10.9. The van der Waals surface area contributed by atoms with Crippen LogP contribution in [-0.4, -0.2) is 29.8 Å². The Bertz CT molecular complexity index is 478. The topological polar surface area (TPSA) is 49.4 Å². The third-order valence-electron chi connectivity index (χ3n) is 2.48. The average Bonchev–Trinajstić information content (AvgIpc) is 2.33. The number of nitrogens with one attached hydrogen (secondary N) is 1. The summed E-state index contributed by atoms with van der Waals surface area (Å²) in [5, 5.41) is 2.41. The summed E-state index contributed by atoms with van der Waals surface area (Å²) < 4.78 is 25.7. The van der Waals surface area contributed by atoms with Gasteiger partial charge in [0, 0.05) is 25.2 Å². The monoisotopic (exact) mass is 270 g/mol. The van der Waals surface area contributed by atoms with Crippen molar-refractivity contribution in [1.29, 1.82) is 0 Å². The van der Waals surface area contributed by atoms with Crippen LogP contribution in [-0.2, 0) is 9.59 Å². The molecule has 1 rings (SSSR count). The number of halogens is 2. The van der Waals surface area contributed by atoms with Crippen molar-refractivity contribution in [2.24, 2.45) is 0 Å². The number of rotatable bonds is 5. The molecule has 0 heterocycles. The Morgan fingerprint density at radius 3 is 2.47 bits per heavy atom. The van der Waals surface area contributed by atoms with E-state index in [-0.39, 0.29) is 18.1 Å². The fourth-order valence-corrected chi connectivity index (χ4v) is 1.57. The lowest BCUT2D eigenvalue weighted by atomic mass is 10.3. The van der Waals surface area contributed by atoms with E-state index < -0.39 is 17.5 Å². The lowest BCUT2D eigenvalue weighted by molar-refractivity contribution is -0.132. The summed E-state index contributed by atoms with van der Waals surface area (Å²) >= 11 is 0. The van der Waals surface area contributed by atoms with Crippen LogP contribution in [0, 0.1) is 11.6 Å². The minimum absolute atomic E-state index is 0.109. The van der Waals surface area contributed by atoms with Gasteiger partial charge in [-0.15, -0.1) is 0 Å². The van der Waals surface area contributed by atoms with Crippen molar-refractivity contribution >= 4 is 17.5 Å². The average molecular weight is 270 g/mol. The van der Waals surface area contributed by atoms with E-state index >= 15 is 0 Å². The Morgan fingerprint density at radius 1 is 1.26 bits per heavy atom. The number of nitrogens with zero attached hydrogens (tertiary/aromatic N) is 1. The SMILES string of the molecule is CCCN(CC(=O)Nc1ccc(F)c(F)c1)C(C)=O. The minimum Gasteiger partial charge on any atom is -0.334 e. The van der Waals surface area contributed by atoms with Gasteiger partial charge < -0.3 is 10.2 Å². The summed E-state index contributed by atoms with van der Waals surface area (Å²) in [6.07, 6.45) is 0.734. The standard InChI is InChI=1S/C13H16F2N2O2/c1-3-6-17(9(2)18)8-13(19)16-10-4-5-11(14)12(15)7-10/h4-5,7H,3,6,8H2,1-2H3,(H,16,19). The predicted octanol–water partition coefficient (Wildman–Crippen LogP) is 2.16. The van der Waals surface area contributed by atoms with Gasteiger partial charge in [0.2, 0.25) is 11.8 Å². The van der Waals surface area contributed by atoms with Crippen LogP contribution in [0.2, 0.25) is 0 Å². The molecule has 0 aliphatic heterocycles. The van der Waals surface area contributed by atoms with E-state index in [9.17, 15) is 18.4 Å². The molecule has 0 spiro atoms. The molecule has 19 heavy (non-hydrogen) atoms. The quantitative estimate of drug-likeness (QED) is 0.891. The van der Waals surface area contributed by atoms with E-state index in [2.05, 4.69) is 5.32 Å². The molecule has 0 aliphatic carbocycles. The second-order valence-electron chi connectivity index (χ2n) is 4.12. The van der Waals surface area contributed by atoms with E-state index in [4.69, 9.17) is 0 Å². The molecule has 104 valence electrons. The lowest BCUT2D eigenvalue weighted by Crippen LogP contribution is -2.37. The highest BCUT2D eigenvalue weighted by Gasteiger charge is 2.13. The van der Waals surface area contributed by atoms with Crippen LogP contribution < -0.4 is 5.32 Å². The molecule has 1 aromatic rings. The highest BCUT2D eigenvalue weighted by Crippen LogP contribution is 2.13. The van der Waals surface area contributed by atoms with Gasteiger partial charge in [0.15, 0.2) is 11.6 Å². The Balaban J connectivity index is 2.63. The molecular formula is C13H16F2N2O2. The van der Waals surface area contributed by atoms with Crippen molar-refractivity contribution in [2.75, 3.05) is 18.4 Å². The summed E-state index contributed by atoms with van der Waals surface area (Å²) in [5.74, 6) is -2.67. The second-order valence-corrected chi connectivity index (χ2v) is 4.12. The number of anilines is 1. The second kappa shape index (κ2) is 6.82. The Morgan fingerprint density at radius 2 is 1.95 bits per heavy atom. The first-order chi connectivity index (χ1) is 8.93. The molecule has 0 aliphatic rings. The fraction of sp³-hybridized carbons (Fsp3) is 0.385. The highest BCUT2D eigenvalue weighted by molar-refractivity contribution is 5.94. The van der Waals surface area contributed by atoms with Gasteiger partial charge in [0.25, 0.3) is 0 Å². The molecule has 2 amide bonds. The molecule has 0 atom stereocenters. The van der Waals surface area contributed by atoms with Gasteiger partial charge >= 0.3 is 0 Å². The molecule has 0 bridgehead atoms. The largest absolute Gasteiger partial charge is 0.334 e. The van der Waals surface area contributed by atoms with Crippen LogP contribution in [0.3, 0.4) is 0 Å². The Hall–Kier alpha value is -1.98. The maximum atomic E-state index is 13.0. The third kappa shape index (κ3) is 4.65. The number of hydrogen-bond acceptors (Lipinski definition) is 2. The van der Waals surface area contributed by atoms with Crippen LogP contribution in [0.15, 0.2) is 18.2 Å². The van der Waals surface area contributed by atoms with Gasteiger partial charge in [0.05, 0.1) is 6.54 Å². The van der Waals surface area contributed by atoms with Crippen LogP contribution in [0.5, 0.6) is 0 Å². The van der Waals surface area contributed by atoms with Gasteiger partial charge in [-0.2, -0.15) is 0 Å². The molecular weight excluding hydrogens is 254 g/mol. The molecule has 1 N–H and O–H groups in total. The van der Waals surface area contributed by atoms with E-state index in [1.54, 1.807) is 0 Å². The van der Waals surface area contributed by atoms with Gasteiger partial charge in [-0.25, -0.2) is 8.78 Å². The predicted molar refractivity (Wildman–Crippen MR) is 67.5 cm³/mol. The van der Waals surface area contributed by atoms with Crippen molar-refractivity contribution in [1.82, 2.24) is 4.90 Å². The zero-order chi connectivity index (χ0) is 14.4. The molecule has 0 radical (unpaired) electrons. The number of carbonyl (C=O) groups is 2. The lowest BCUT2D eigenvalue weighted by Gasteiger charge is -2.19. The Kier molecular flexibility index (Phi) is 5.41. The van der Waals surface area contributed by atoms with Crippen LogP contribution in [0.4, 0.5) is 14.5 Å². The molecule has 1 aromatic carbocycles. The van der Waals surface area contributed by atoms with E-state index in [0.29, 0.717) is 6.54 Å². The van der Waals surface area contributed by atoms with E-state index in [0.717, 1.165) is 18.6 Å². The zero-order valence-corrected chi connectivity index (χ0v) is 10.9. The first kappa shape index (κ1) is 15.1. The molecule has 0 fully saturated rings. The van der Waals surface area contributed by atoms with Crippen LogP contribution >= 0.6 is 0 Å². The number of amides is 2.